The first-order chi connectivity index (χ1) is 16.0. The molecule has 0 radical (unpaired) electrons. The van der Waals surface area contributed by atoms with Crippen LogP contribution in [-0.4, -0.2) is 19.1 Å². The van der Waals surface area contributed by atoms with Gasteiger partial charge in [0, 0.05) is 12.1 Å². The van der Waals surface area contributed by atoms with Crippen LogP contribution in [0.3, 0.4) is 0 Å². The number of hydrogen-bond acceptors (Lipinski definition) is 4. The Kier molecular flexibility index (Phi) is 8.20. The molecule has 3 rings (SSSR count). The maximum absolute atomic E-state index is 14.1. The Morgan fingerprint density at radius 2 is 1.73 bits per heavy atom. The number of amides is 1. The van der Waals surface area contributed by atoms with Crippen molar-refractivity contribution < 1.29 is 18.7 Å². The Labute approximate surface area is 193 Å². The van der Waals surface area contributed by atoms with Crippen LogP contribution in [0.5, 0.6) is 11.5 Å². The molecule has 0 spiro atoms. The highest BCUT2D eigenvalue weighted by molar-refractivity contribution is 6.09. The molecule has 0 aliphatic rings. The quantitative estimate of drug-likeness (QED) is 0.336. The van der Waals surface area contributed by atoms with Crippen molar-refractivity contribution in [3.63, 3.8) is 0 Å². The van der Waals surface area contributed by atoms with Crippen LogP contribution in [0, 0.1) is 17.1 Å². The lowest BCUT2D eigenvalue weighted by Crippen LogP contribution is -2.13. The predicted octanol–water partition coefficient (Wildman–Crippen LogP) is 5.76. The zero-order valence-corrected chi connectivity index (χ0v) is 18.6. The zero-order valence-electron chi connectivity index (χ0n) is 18.6. The fourth-order valence-electron chi connectivity index (χ4n) is 3.26. The molecule has 6 heteroatoms. The Morgan fingerprint density at radius 3 is 2.39 bits per heavy atom. The minimum absolute atomic E-state index is 0.0480. The van der Waals surface area contributed by atoms with Crippen LogP contribution in [0.2, 0.25) is 0 Å². The third-order valence-electron chi connectivity index (χ3n) is 4.83. The molecule has 0 saturated heterocycles. The van der Waals surface area contributed by atoms with Gasteiger partial charge in [0.05, 0.1) is 13.2 Å². The van der Waals surface area contributed by atoms with Crippen LogP contribution in [0.25, 0.3) is 6.08 Å². The second kappa shape index (κ2) is 11.5. The number of nitrogens with zero attached hydrogens (tertiary/aromatic N) is 1. The Morgan fingerprint density at radius 1 is 1.00 bits per heavy atom. The molecule has 0 unspecified atom stereocenters. The number of rotatable bonds is 9. The summed E-state index contributed by atoms with van der Waals surface area (Å²) >= 11 is 0. The summed E-state index contributed by atoms with van der Waals surface area (Å²) in [5.74, 6) is 0.487. The van der Waals surface area contributed by atoms with Gasteiger partial charge >= 0.3 is 0 Å². The van der Waals surface area contributed by atoms with E-state index >= 15 is 0 Å². The monoisotopic (exact) mass is 444 g/mol. The van der Waals surface area contributed by atoms with E-state index in [9.17, 15) is 14.4 Å². The van der Waals surface area contributed by atoms with Gasteiger partial charge in [0.15, 0.2) is 0 Å². The highest BCUT2D eigenvalue weighted by Crippen LogP contribution is 2.26. The highest BCUT2D eigenvalue weighted by atomic mass is 19.1. The molecule has 0 aliphatic heterocycles. The first kappa shape index (κ1) is 23.6. The van der Waals surface area contributed by atoms with Gasteiger partial charge in [-0.15, -0.1) is 0 Å². The number of ether oxygens (including phenoxy) is 2. The average Bonchev–Trinajstić information content (AvgIpc) is 2.82. The van der Waals surface area contributed by atoms with Crippen molar-refractivity contribution in [2.24, 2.45) is 0 Å². The van der Waals surface area contributed by atoms with E-state index in [0.717, 1.165) is 5.56 Å². The molecular weight excluding hydrogens is 419 g/mol. The number of hydrogen-bond donors (Lipinski definition) is 1. The summed E-state index contributed by atoms with van der Waals surface area (Å²) in [5.41, 5.74) is 2.52. The number of nitrogens with one attached hydrogen (secondary N) is 1. The molecule has 33 heavy (non-hydrogen) atoms. The Bertz CT molecular complexity index is 1180. The van der Waals surface area contributed by atoms with E-state index in [1.807, 2.05) is 26.0 Å². The maximum atomic E-state index is 14.1. The fourth-order valence-corrected chi connectivity index (χ4v) is 3.26. The van der Waals surface area contributed by atoms with Gasteiger partial charge < -0.3 is 14.8 Å². The van der Waals surface area contributed by atoms with E-state index in [0.29, 0.717) is 47.9 Å². The summed E-state index contributed by atoms with van der Waals surface area (Å²) in [6.45, 7) is 4.74. The first-order valence-electron chi connectivity index (χ1n) is 10.7. The van der Waals surface area contributed by atoms with Crippen molar-refractivity contribution in [1.82, 2.24) is 0 Å². The SMILES string of the molecule is CCOc1ccc(NC(=O)/C(C#N)=C/c2ccc(Cc3ccccc3F)c(OCC)c2)cc1. The van der Waals surface area contributed by atoms with Gasteiger partial charge in [-0.05, 0) is 73.0 Å². The molecule has 0 atom stereocenters. The number of carbonyl (C=O) groups excluding carboxylic acids is 1. The minimum atomic E-state index is -0.518. The normalized spacial score (nSPS) is 10.9. The smallest absolute Gasteiger partial charge is 0.266 e. The molecule has 1 N–H and O–H groups in total. The standard InChI is InChI=1S/C27H25FN2O3/c1-3-32-24-13-11-23(12-14-24)30-27(31)22(18-29)15-19-9-10-21(26(16-19)33-4-2)17-20-7-5-6-8-25(20)28/h5-16H,3-4,17H2,1-2H3,(H,30,31)/b22-15+. The van der Waals surface area contributed by atoms with Crippen LogP contribution in [0.15, 0.2) is 72.3 Å². The van der Waals surface area contributed by atoms with Gasteiger partial charge in [-0.2, -0.15) is 5.26 Å². The van der Waals surface area contributed by atoms with Gasteiger partial charge in [-0.3, -0.25) is 4.79 Å². The second-order valence-corrected chi connectivity index (χ2v) is 7.15. The first-order valence-corrected chi connectivity index (χ1v) is 10.7. The summed E-state index contributed by atoms with van der Waals surface area (Å²) < 4.78 is 25.2. The summed E-state index contributed by atoms with van der Waals surface area (Å²) in [6.07, 6.45) is 1.87. The van der Waals surface area contributed by atoms with Gasteiger partial charge in [0.1, 0.15) is 29.0 Å². The number of benzene rings is 3. The minimum Gasteiger partial charge on any atom is -0.494 e. The van der Waals surface area contributed by atoms with Crippen LogP contribution >= 0.6 is 0 Å². The lowest BCUT2D eigenvalue weighted by molar-refractivity contribution is -0.112. The molecule has 0 heterocycles. The predicted molar refractivity (Wildman–Crippen MR) is 127 cm³/mol. The Balaban J connectivity index is 1.80. The summed E-state index contributed by atoms with van der Waals surface area (Å²) in [5, 5.41) is 12.2. The molecule has 168 valence electrons. The molecule has 0 aliphatic carbocycles. The largest absolute Gasteiger partial charge is 0.494 e. The van der Waals surface area contributed by atoms with Crippen molar-refractivity contribution in [1.29, 1.82) is 5.26 Å². The highest BCUT2D eigenvalue weighted by Gasteiger charge is 2.12. The van der Waals surface area contributed by atoms with Crippen molar-refractivity contribution in [2.75, 3.05) is 18.5 Å². The third-order valence-corrected chi connectivity index (χ3v) is 4.83. The van der Waals surface area contributed by atoms with E-state index in [1.165, 1.54) is 12.1 Å². The van der Waals surface area contributed by atoms with Crippen LogP contribution in [0.4, 0.5) is 10.1 Å². The van der Waals surface area contributed by atoms with Crippen LogP contribution in [0.1, 0.15) is 30.5 Å². The fraction of sp³-hybridized carbons (Fsp3) is 0.185. The number of carbonyl (C=O) groups is 1. The number of anilines is 1. The lowest BCUT2D eigenvalue weighted by Gasteiger charge is -2.12. The number of nitriles is 1. The van der Waals surface area contributed by atoms with Gasteiger partial charge in [0.25, 0.3) is 5.91 Å². The molecule has 3 aromatic carbocycles. The van der Waals surface area contributed by atoms with Crippen LogP contribution in [-0.2, 0) is 11.2 Å². The molecule has 5 nitrogen and oxygen atoms in total. The summed E-state index contributed by atoms with van der Waals surface area (Å²) in [7, 11) is 0. The van der Waals surface area contributed by atoms with Crippen molar-refractivity contribution in [3.05, 3.63) is 94.8 Å². The molecule has 0 aromatic heterocycles. The van der Waals surface area contributed by atoms with Crippen molar-refractivity contribution in [3.8, 4) is 17.6 Å². The van der Waals surface area contributed by atoms with E-state index in [4.69, 9.17) is 9.47 Å². The Hall–Kier alpha value is -4.11. The average molecular weight is 445 g/mol. The van der Waals surface area contributed by atoms with Crippen molar-refractivity contribution >= 4 is 17.7 Å². The van der Waals surface area contributed by atoms with E-state index in [2.05, 4.69) is 5.32 Å². The molecular formula is C27H25FN2O3. The summed E-state index contributed by atoms with van der Waals surface area (Å²) in [6, 6.07) is 20.8. The summed E-state index contributed by atoms with van der Waals surface area (Å²) in [4.78, 5) is 12.6. The molecule has 0 fully saturated rings. The van der Waals surface area contributed by atoms with Gasteiger partial charge in [0.2, 0.25) is 0 Å². The molecule has 0 saturated carbocycles. The van der Waals surface area contributed by atoms with Crippen LogP contribution < -0.4 is 14.8 Å². The zero-order chi connectivity index (χ0) is 23.6. The van der Waals surface area contributed by atoms with E-state index in [1.54, 1.807) is 54.6 Å². The number of halogens is 1. The maximum Gasteiger partial charge on any atom is 0.266 e. The lowest BCUT2D eigenvalue weighted by atomic mass is 10.0. The van der Waals surface area contributed by atoms with E-state index in [-0.39, 0.29) is 11.4 Å². The third kappa shape index (κ3) is 6.44. The second-order valence-electron chi connectivity index (χ2n) is 7.15. The molecule has 1 amide bonds. The topological polar surface area (TPSA) is 71.3 Å². The van der Waals surface area contributed by atoms with Crippen molar-refractivity contribution in [2.45, 2.75) is 20.3 Å². The van der Waals surface area contributed by atoms with Gasteiger partial charge in [-0.25, -0.2) is 4.39 Å². The molecule has 0 bridgehead atoms. The molecule has 3 aromatic rings. The van der Waals surface area contributed by atoms with Gasteiger partial charge in [-0.1, -0.05) is 30.3 Å². The van der Waals surface area contributed by atoms with E-state index < -0.39 is 5.91 Å².